The van der Waals surface area contributed by atoms with Gasteiger partial charge in [0.15, 0.2) is 5.78 Å². The van der Waals surface area contributed by atoms with Crippen molar-refractivity contribution in [3.05, 3.63) is 63.1 Å². The van der Waals surface area contributed by atoms with Gasteiger partial charge in [-0.05, 0) is 58.6 Å². The number of pyridine rings is 1. The first-order valence-corrected chi connectivity index (χ1v) is 6.67. The maximum Gasteiger partial charge on any atom is 0.185 e. The SMILES string of the molecule is Cc1cnc(C(=O)Cc2ccc(F)c(Br)c2)c(C)c1. The number of benzene rings is 1. The number of Topliss-reactive ketones (excluding diaryl/α,β-unsaturated/α-hetero) is 1. The molecule has 0 atom stereocenters. The largest absolute Gasteiger partial charge is 0.292 e. The van der Waals surface area contributed by atoms with Gasteiger partial charge in [-0.3, -0.25) is 9.78 Å². The quantitative estimate of drug-likeness (QED) is 0.799. The maximum atomic E-state index is 13.1. The second-order valence-electron chi connectivity index (χ2n) is 4.53. The molecule has 0 fully saturated rings. The van der Waals surface area contributed by atoms with Crippen LogP contribution in [0.1, 0.15) is 27.2 Å². The summed E-state index contributed by atoms with van der Waals surface area (Å²) in [5, 5.41) is 0. The molecule has 0 spiro atoms. The molecule has 1 aromatic heterocycles. The first-order chi connectivity index (χ1) is 8.97. The third-order valence-electron chi connectivity index (χ3n) is 2.83. The van der Waals surface area contributed by atoms with Gasteiger partial charge in [0.05, 0.1) is 4.47 Å². The normalized spacial score (nSPS) is 10.5. The molecule has 19 heavy (non-hydrogen) atoms. The number of carbonyl (C=O) groups is 1. The molecule has 2 aromatic rings. The van der Waals surface area contributed by atoms with Gasteiger partial charge >= 0.3 is 0 Å². The Morgan fingerprint density at radius 3 is 2.68 bits per heavy atom. The summed E-state index contributed by atoms with van der Waals surface area (Å²) in [6, 6.07) is 6.52. The van der Waals surface area contributed by atoms with Crippen molar-refractivity contribution in [3.8, 4) is 0 Å². The van der Waals surface area contributed by atoms with Gasteiger partial charge in [-0.2, -0.15) is 0 Å². The first kappa shape index (κ1) is 13.9. The molecule has 0 bridgehead atoms. The Labute approximate surface area is 119 Å². The van der Waals surface area contributed by atoms with Crippen LogP contribution in [0.25, 0.3) is 0 Å². The second-order valence-corrected chi connectivity index (χ2v) is 5.38. The third kappa shape index (κ3) is 3.26. The van der Waals surface area contributed by atoms with Crippen molar-refractivity contribution in [3.63, 3.8) is 0 Å². The van der Waals surface area contributed by atoms with Crippen LogP contribution in [-0.2, 0) is 6.42 Å². The molecular weight excluding hydrogens is 309 g/mol. The van der Waals surface area contributed by atoms with Crippen molar-refractivity contribution in [2.75, 3.05) is 0 Å². The number of nitrogens with zero attached hydrogens (tertiary/aromatic N) is 1. The van der Waals surface area contributed by atoms with E-state index in [9.17, 15) is 9.18 Å². The number of carbonyl (C=O) groups excluding carboxylic acids is 1. The lowest BCUT2D eigenvalue weighted by molar-refractivity contribution is 0.0987. The van der Waals surface area contributed by atoms with Crippen LogP contribution in [0.4, 0.5) is 4.39 Å². The van der Waals surface area contributed by atoms with Gasteiger partial charge < -0.3 is 0 Å². The molecule has 98 valence electrons. The summed E-state index contributed by atoms with van der Waals surface area (Å²) < 4.78 is 13.5. The van der Waals surface area contributed by atoms with E-state index in [1.54, 1.807) is 18.3 Å². The van der Waals surface area contributed by atoms with E-state index in [4.69, 9.17) is 0 Å². The van der Waals surface area contributed by atoms with Crippen molar-refractivity contribution >= 4 is 21.7 Å². The molecule has 0 saturated heterocycles. The minimum Gasteiger partial charge on any atom is -0.292 e. The van der Waals surface area contributed by atoms with Gasteiger partial charge in [-0.1, -0.05) is 12.1 Å². The van der Waals surface area contributed by atoms with E-state index in [1.165, 1.54) is 6.07 Å². The zero-order chi connectivity index (χ0) is 14.0. The van der Waals surface area contributed by atoms with Crippen molar-refractivity contribution in [2.45, 2.75) is 20.3 Å². The number of hydrogen-bond acceptors (Lipinski definition) is 2. The van der Waals surface area contributed by atoms with Crippen LogP contribution in [0.15, 0.2) is 34.9 Å². The molecule has 0 unspecified atom stereocenters. The van der Waals surface area contributed by atoms with Crippen LogP contribution in [0.5, 0.6) is 0 Å². The fourth-order valence-corrected chi connectivity index (χ4v) is 2.35. The topological polar surface area (TPSA) is 30.0 Å². The van der Waals surface area contributed by atoms with Gasteiger partial charge in [0.2, 0.25) is 0 Å². The Kier molecular flexibility index (Phi) is 4.10. The summed E-state index contributed by atoms with van der Waals surface area (Å²) >= 11 is 3.11. The zero-order valence-electron chi connectivity index (χ0n) is 10.7. The Bertz CT molecular complexity index is 640. The van der Waals surface area contributed by atoms with Crippen molar-refractivity contribution in [1.29, 1.82) is 0 Å². The smallest absolute Gasteiger partial charge is 0.185 e. The van der Waals surface area contributed by atoms with Crippen molar-refractivity contribution in [1.82, 2.24) is 4.98 Å². The molecule has 0 aliphatic rings. The zero-order valence-corrected chi connectivity index (χ0v) is 12.3. The lowest BCUT2D eigenvalue weighted by atomic mass is 10.0. The number of hydrogen-bond donors (Lipinski definition) is 0. The number of aryl methyl sites for hydroxylation is 2. The lowest BCUT2D eigenvalue weighted by Gasteiger charge is -2.06. The monoisotopic (exact) mass is 321 g/mol. The first-order valence-electron chi connectivity index (χ1n) is 5.88. The highest BCUT2D eigenvalue weighted by molar-refractivity contribution is 9.10. The molecule has 4 heteroatoms. The molecule has 0 radical (unpaired) electrons. The average molecular weight is 322 g/mol. The Morgan fingerprint density at radius 1 is 1.32 bits per heavy atom. The Balaban J connectivity index is 2.23. The molecule has 2 rings (SSSR count). The Morgan fingerprint density at radius 2 is 2.05 bits per heavy atom. The van der Waals surface area contributed by atoms with E-state index in [-0.39, 0.29) is 18.0 Å². The predicted octanol–water partition coefficient (Wildman–Crippen LogP) is 4.03. The van der Waals surface area contributed by atoms with Gasteiger partial charge in [0, 0.05) is 12.6 Å². The molecule has 0 amide bonds. The molecule has 0 saturated carbocycles. The summed E-state index contributed by atoms with van der Waals surface area (Å²) in [6.45, 7) is 3.80. The molecule has 2 nitrogen and oxygen atoms in total. The van der Waals surface area contributed by atoms with Crippen LogP contribution < -0.4 is 0 Å². The van der Waals surface area contributed by atoms with E-state index in [2.05, 4.69) is 20.9 Å². The fraction of sp³-hybridized carbons (Fsp3) is 0.200. The highest BCUT2D eigenvalue weighted by Gasteiger charge is 2.12. The van der Waals surface area contributed by atoms with Gasteiger partial charge in [-0.25, -0.2) is 4.39 Å². The summed E-state index contributed by atoms with van der Waals surface area (Å²) in [5.74, 6) is -0.392. The maximum absolute atomic E-state index is 13.1. The summed E-state index contributed by atoms with van der Waals surface area (Å²) in [7, 11) is 0. The average Bonchev–Trinajstić information content (AvgIpc) is 2.33. The highest BCUT2D eigenvalue weighted by Crippen LogP contribution is 2.18. The van der Waals surface area contributed by atoms with Crippen LogP contribution in [-0.4, -0.2) is 10.8 Å². The van der Waals surface area contributed by atoms with Crippen molar-refractivity contribution < 1.29 is 9.18 Å². The second kappa shape index (κ2) is 5.61. The molecule has 0 N–H and O–H groups in total. The number of halogens is 2. The van der Waals surface area contributed by atoms with E-state index in [1.807, 2.05) is 19.9 Å². The van der Waals surface area contributed by atoms with Crippen LogP contribution >= 0.6 is 15.9 Å². The summed E-state index contributed by atoms with van der Waals surface area (Å²) in [5.41, 5.74) is 3.14. The van der Waals surface area contributed by atoms with Gasteiger partial charge in [0.1, 0.15) is 11.5 Å². The Hall–Kier alpha value is -1.55. The van der Waals surface area contributed by atoms with Crippen LogP contribution in [0.3, 0.4) is 0 Å². The lowest BCUT2D eigenvalue weighted by Crippen LogP contribution is -2.08. The van der Waals surface area contributed by atoms with E-state index < -0.39 is 0 Å². The van der Waals surface area contributed by atoms with Crippen LogP contribution in [0, 0.1) is 19.7 Å². The predicted molar refractivity (Wildman–Crippen MR) is 75.8 cm³/mol. The van der Waals surface area contributed by atoms with E-state index >= 15 is 0 Å². The molecule has 0 aliphatic heterocycles. The molecular formula is C15H13BrFNO. The number of rotatable bonds is 3. The third-order valence-corrected chi connectivity index (χ3v) is 3.44. The van der Waals surface area contributed by atoms with E-state index in [0.29, 0.717) is 10.2 Å². The van der Waals surface area contributed by atoms with Gasteiger partial charge in [-0.15, -0.1) is 0 Å². The van der Waals surface area contributed by atoms with Crippen LogP contribution in [0.2, 0.25) is 0 Å². The van der Waals surface area contributed by atoms with E-state index in [0.717, 1.165) is 16.7 Å². The van der Waals surface area contributed by atoms with Gasteiger partial charge in [0.25, 0.3) is 0 Å². The minimum absolute atomic E-state index is 0.0593. The molecule has 1 heterocycles. The fourth-order valence-electron chi connectivity index (χ4n) is 1.93. The molecule has 1 aromatic carbocycles. The highest BCUT2D eigenvalue weighted by atomic mass is 79.9. The number of ketones is 1. The van der Waals surface area contributed by atoms with Crippen molar-refractivity contribution in [2.24, 2.45) is 0 Å². The standard InChI is InChI=1S/C15H13BrFNO/c1-9-5-10(2)15(18-8-9)14(19)7-11-3-4-13(17)12(16)6-11/h3-6,8H,7H2,1-2H3. The number of aromatic nitrogens is 1. The molecule has 0 aliphatic carbocycles. The summed E-state index contributed by atoms with van der Waals surface area (Å²) in [4.78, 5) is 16.3. The minimum atomic E-state index is -0.333. The summed E-state index contributed by atoms with van der Waals surface area (Å²) in [6.07, 6.45) is 1.90.